The fraction of sp³-hybridized carbons (Fsp3) is 0.923. The van der Waals surface area contributed by atoms with Crippen LogP contribution < -0.4 is 5.73 Å². The van der Waals surface area contributed by atoms with E-state index in [0.29, 0.717) is 26.2 Å². The van der Waals surface area contributed by atoms with E-state index in [-0.39, 0.29) is 24.4 Å². The zero-order chi connectivity index (χ0) is 15.7. The zero-order valence-corrected chi connectivity index (χ0v) is 13.6. The maximum absolute atomic E-state index is 12.2. The van der Waals surface area contributed by atoms with Gasteiger partial charge in [-0.05, 0) is 26.7 Å². The van der Waals surface area contributed by atoms with Crippen LogP contribution in [0.5, 0.6) is 0 Å². The molecule has 1 saturated carbocycles. The van der Waals surface area contributed by atoms with E-state index in [0.717, 1.165) is 12.8 Å². The van der Waals surface area contributed by atoms with Gasteiger partial charge in [0.15, 0.2) is 0 Å². The van der Waals surface area contributed by atoms with E-state index in [1.54, 1.807) is 4.90 Å². The summed E-state index contributed by atoms with van der Waals surface area (Å²) in [6.07, 6.45) is 1.49. The van der Waals surface area contributed by atoms with Crippen molar-refractivity contribution in [2.45, 2.75) is 38.3 Å². The van der Waals surface area contributed by atoms with Crippen molar-refractivity contribution in [3.05, 3.63) is 0 Å². The van der Waals surface area contributed by atoms with Crippen LogP contribution in [-0.4, -0.2) is 73.7 Å². The molecule has 0 radical (unpaired) electrons. The van der Waals surface area contributed by atoms with Gasteiger partial charge in [0.2, 0.25) is 15.9 Å². The molecule has 0 aromatic rings. The average molecular weight is 319 g/mol. The van der Waals surface area contributed by atoms with Crippen LogP contribution in [0.1, 0.15) is 26.7 Å². The van der Waals surface area contributed by atoms with E-state index in [1.807, 2.05) is 13.8 Å². The predicted octanol–water partition coefficient (Wildman–Crippen LogP) is -0.623. The highest BCUT2D eigenvalue weighted by Gasteiger charge is 2.48. The number of piperazine rings is 1. The summed E-state index contributed by atoms with van der Waals surface area (Å²) >= 11 is 0. The molecule has 2 aliphatic rings. The summed E-state index contributed by atoms with van der Waals surface area (Å²) in [6, 6.07) is 0. The first-order chi connectivity index (χ1) is 9.74. The van der Waals surface area contributed by atoms with Crippen molar-refractivity contribution in [2.75, 3.05) is 38.5 Å². The lowest BCUT2D eigenvalue weighted by atomic mass is 10.2. The monoisotopic (exact) mass is 319 g/mol. The first-order valence-corrected chi connectivity index (χ1v) is 9.03. The number of hydrogen-bond donors (Lipinski definition) is 1. The van der Waals surface area contributed by atoms with Crippen LogP contribution in [0.4, 0.5) is 0 Å². The van der Waals surface area contributed by atoms with E-state index in [9.17, 15) is 13.2 Å². The summed E-state index contributed by atoms with van der Waals surface area (Å²) in [5, 5.41) is 0. The Labute approximate surface area is 126 Å². The van der Waals surface area contributed by atoms with Crippen LogP contribution in [0.15, 0.2) is 0 Å². The Kier molecular flexibility index (Phi) is 4.92. The Morgan fingerprint density at radius 1 is 1.24 bits per heavy atom. The van der Waals surface area contributed by atoms with Gasteiger partial charge in [0.1, 0.15) is 0 Å². The predicted molar refractivity (Wildman–Crippen MR) is 79.2 cm³/mol. The second-order valence-corrected chi connectivity index (χ2v) is 8.17. The number of carbonyl (C=O) groups is 1. The smallest absolute Gasteiger partial charge is 0.242 e. The Bertz CT molecular complexity index is 480. The van der Waals surface area contributed by atoms with Crippen LogP contribution in [0.2, 0.25) is 0 Å². The number of hydrogen-bond acceptors (Lipinski definition) is 5. The summed E-state index contributed by atoms with van der Waals surface area (Å²) in [7, 11) is -3.31. The van der Waals surface area contributed by atoms with Crippen molar-refractivity contribution in [3.63, 3.8) is 0 Å². The maximum atomic E-state index is 12.2. The molecule has 0 unspecified atom stereocenters. The molecule has 122 valence electrons. The number of ether oxygens (including phenoxy) is 1. The van der Waals surface area contributed by atoms with Crippen molar-refractivity contribution in [1.29, 1.82) is 0 Å². The van der Waals surface area contributed by atoms with Gasteiger partial charge in [-0.15, -0.1) is 0 Å². The molecule has 0 atom stereocenters. The normalized spacial score (nSPS) is 22.6. The van der Waals surface area contributed by atoms with Crippen molar-refractivity contribution >= 4 is 15.9 Å². The van der Waals surface area contributed by atoms with Gasteiger partial charge in [-0.1, -0.05) is 0 Å². The highest BCUT2D eigenvalue weighted by Crippen LogP contribution is 2.34. The molecule has 2 fully saturated rings. The quantitative estimate of drug-likeness (QED) is 0.704. The number of nitrogens with two attached hydrogens (primary N) is 1. The molecule has 0 bridgehead atoms. The van der Waals surface area contributed by atoms with Gasteiger partial charge in [0.05, 0.1) is 24.0 Å². The van der Waals surface area contributed by atoms with Crippen molar-refractivity contribution < 1.29 is 17.9 Å². The van der Waals surface area contributed by atoms with Crippen molar-refractivity contribution in [1.82, 2.24) is 9.21 Å². The molecule has 21 heavy (non-hydrogen) atoms. The molecule has 0 spiro atoms. The van der Waals surface area contributed by atoms with Crippen molar-refractivity contribution in [3.8, 4) is 0 Å². The van der Waals surface area contributed by atoms with Crippen LogP contribution in [0.25, 0.3) is 0 Å². The number of rotatable bonds is 6. The van der Waals surface area contributed by atoms with E-state index in [1.165, 1.54) is 4.31 Å². The van der Waals surface area contributed by atoms with Crippen molar-refractivity contribution in [2.24, 2.45) is 5.73 Å². The third-order valence-electron chi connectivity index (χ3n) is 3.93. The third kappa shape index (κ3) is 4.15. The van der Waals surface area contributed by atoms with E-state index >= 15 is 0 Å². The largest absolute Gasteiger partial charge is 0.378 e. The summed E-state index contributed by atoms with van der Waals surface area (Å²) in [4.78, 5) is 13.8. The van der Waals surface area contributed by atoms with Crippen LogP contribution in [0, 0.1) is 0 Å². The number of sulfonamides is 1. The number of carbonyl (C=O) groups excluding carboxylic acids is 1. The lowest BCUT2D eigenvalue weighted by Gasteiger charge is -2.35. The highest BCUT2D eigenvalue weighted by molar-refractivity contribution is 7.89. The van der Waals surface area contributed by atoms with Gasteiger partial charge in [0, 0.05) is 26.2 Å². The molecular weight excluding hydrogens is 294 g/mol. The minimum atomic E-state index is -3.31. The highest BCUT2D eigenvalue weighted by atomic mass is 32.2. The average Bonchev–Trinajstić information content (AvgIpc) is 3.17. The second kappa shape index (κ2) is 6.20. The molecule has 1 amide bonds. The summed E-state index contributed by atoms with van der Waals surface area (Å²) in [5.41, 5.74) is 5.22. The summed E-state index contributed by atoms with van der Waals surface area (Å²) < 4.78 is 31.1. The van der Waals surface area contributed by atoms with Gasteiger partial charge in [-0.2, -0.15) is 4.31 Å². The van der Waals surface area contributed by atoms with Crippen LogP contribution in [0.3, 0.4) is 0 Å². The molecule has 8 heteroatoms. The summed E-state index contributed by atoms with van der Waals surface area (Å²) in [5.74, 6) is -0.0531. The first-order valence-electron chi connectivity index (χ1n) is 7.42. The molecule has 0 aromatic carbocycles. The van der Waals surface area contributed by atoms with Gasteiger partial charge >= 0.3 is 0 Å². The van der Waals surface area contributed by atoms with Gasteiger partial charge < -0.3 is 15.4 Å². The molecule has 2 N–H and O–H groups in total. The lowest BCUT2D eigenvalue weighted by molar-refractivity contribution is -0.134. The third-order valence-corrected chi connectivity index (χ3v) is 5.76. The minimum Gasteiger partial charge on any atom is -0.378 e. The van der Waals surface area contributed by atoms with Crippen LogP contribution >= 0.6 is 0 Å². The minimum absolute atomic E-state index is 0.0139. The van der Waals surface area contributed by atoms with Gasteiger partial charge in [0.25, 0.3) is 0 Å². The SMILES string of the molecule is CC(C)OCCS(=O)(=O)N1CCN(C(=O)C2(N)CC2)CC1. The maximum Gasteiger partial charge on any atom is 0.242 e. The first kappa shape index (κ1) is 16.7. The van der Waals surface area contributed by atoms with E-state index in [4.69, 9.17) is 10.5 Å². The van der Waals surface area contributed by atoms with Gasteiger partial charge in [-0.25, -0.2) is 8.42 Å². The molecule has 1 aliphatic heterocycles. The molecular formula is C13H25N3O4S. The molecule has 2 rings (SSSR count). The van der Waals surface area contributed by atoms with E-state index in [2.05, 4.69) is 0 Å². The fourth-order valence-electron chi connectivity index (χ4n) is 2.35. The Hall–Kier alpha value is -0.700. The standard InChI is InChI=1S/C13H25N3O4S/c1-11(2)20-9-10-21(18,19)16-7-5-15(6-8-16)12(17)13(14)3-4-13/h11H,3-10,14H2,1-2H3. The lowest BCUT2D eigenvalue weighted by Crippen LogP contribution is -2.55. The Morgan fingerprint density at radius 2 is 1.81 bits per heavy atom. The molecule has 0 aromatic heterocycles. The molecule has 1 saturated heterocycles. The molecule has 1 heterocycles. The molecule has 7 nitrogen and oxygen atoms in total. The Balaban J connectivity index is 1.81. The Morgan fingerprint density at radius 3 is 2.29 bits per heavy atom. The second-order valence-electron chi connectivity index (χ2n) is 6.08. The molecule has 1 aliphatic carbocycles. The van der Waals surface area contributed by atoms with E-state index < -0.39 is 15.6 Å². The summed E-state index contributed by atoms with van der Waals surface area (Å²) in [6.45, 7) is 5.46. The van der Waals surface area contributed by atoms with Gasteiger partial charge in [-0.3, -0.25) is 4.79 Å². The number of amides is 1. The topological polar surface area (TPSA) is 92.9 Å². The number of nitrogens with zero attached hydrogens (tertiary/aromatic N) is 2. The zero-order valence-electron chi connectivity index (χ0n) is 12.7. The fourth-order valence-corrected chi connectivity index (χ4v) is 3.64. The van der Waals surface area contributed by atoms with Crippen LogP contribution in [-0.2, 0) is 19.6 Å².